The number of ether oxygens (including phenoxy) is 2. The van der Waals surface area contributed by atoms with Crippen LogP contribution in [0.2, 0.25) is 0 Å². The van der Waals surface area contributed by atoms with Crippen molar-refractivity contribution < 1.29 is 36.2 Å². The first-order valence-electron chi connectivity index (χ1n) is 12.9. The molecule has 0 radical (unpaired) electrons. The van der Waals surface area contributed by atoms with Crippen molar-refractivity contribution in [3.8, 4) is 50.9 Å². The van der Waals surface area contributed by atoms with Gasteiger partial charge in [-0.15, -0.1) is 8.78 Å². The average molecular weight is 594 g/mol. The summed E-state index contributed by atoms with van der Waals surface area (Å²) in [7, 11) is -3.45. The number of fused-ring (bicyclic) bond motifs is 1. The Balaban J connectivity index is 1.58. The summed E-state index contributed by atoms with van der Waals surface area (Å²) in [5.41, 5.74) is 4.24. The minimum atomic E-state index is -3.79. The monoisotopic (exact) mass is 593 g/mol. The van der Waals surface area contributed by atoms with E-state index in [2.05, 4.69) is 14.5 Å². The molecule has 216 valence electrons. The third-order valence-electron chi connectivity index (χ3n) is 6.77. The normalized spacial score (nSPS) is 14.0. The lowest BCUT2D eigenvalue weighted by Crippen LogP contribution is -2.25. The van der Waals surface area contributed by atoms with E-state index in [4.69, 9.17) is 9.40 Å². The van der Waals surface area contributed by atoms with Gasteiger partial charge in [0.15, 0.2) is 33.0 Å². The van der Waals surface area contributed by atoms with Gasteiger partial charge in [-0.2, -0.15) is 0 Å². The number of alkyl halides is 2. The zero-order valence-corrected chi connectivity index (χ0v) is 23.6. The predicted octanol–water partition coefficient (Wildman–Crippen LogP) is 5.74. The SMILES string of the molecule is Cc1cn(-c2ccc(-c3cccc(S(C)(=O)=O)c3)cc2-c2nc(CCO)oc2-c2ccc3c(c2)OC(F)(F)O3)c(C)n1. The van der Waals surface area contributed by atoms with Crippen LogP contribution in [0.4, 0.5) is 8.78 Å². The number of benzene rings is 3. The van der Waals surface area contributed by atoms with Crippen LogP contribution in [0.1, 0.15) is 17.4 Å². The van der Waals surface area contributed by atoms with Gasteiger partial charge in [0.05, 0.1) is 22.9 Å². The molecular weight excluding hydrogens is 568 g/mol. The molecule has 3 aromatic carbocycles. The Bertz CT molecular complexity index is 1950. The second kappa shape index (κ2) is 10.1. The van der Waals surface area contributed by atoms with Crippen LogP contribution < -0.4 is 9.47 Å². The Morgan fingerprint density at radius 3 is 2.38 bits per heavy atom. The zero-order valence-electron chi connectivity index (χ0n) is 22.8. The predicted molar refractivity (Wildman–Crippen MR) is 150 cm³/mol. The van der Waals surface area contributed by atoms with E-state index in [0.717, 1.165) is 11.9 Å². The number of aliphatic hydroxyl groups is 1. The van der Waals surface area contributed by atoms with Crippen molar-refractivity contribution in [1.29, 1.82) is 0 Å². The molecule has 0 atom stereocenters. The number of aliphatic hydroxyl groups excluding tert-OH is 1. The molecule has 6 rings (SSSR count). The van der Waals surface area contributed by atoms with E-state index in [1.165, 1.54) is 18.2 Å². The number of halogens is 2. The number of rotatable bonds is 7. The summed E-state index contributed by atoms with van der Waals surface area (Å²) >= 11 is 0. The highest BCUT2D eigenvalue weighted by Crippen LogP contribution is 2.45. The molecule has 0 spiro atoms. The van der Waals surface area contributed by atoms with E-state index in [-0.39, 0.29) is 41.1 Å². The molecular formula is C30H25F2N3O6S. The smallest absolute Gasteiger partial charge is 0.440 e. The van der Waals surface area contributed by atoms with Gasteiger partial charge in [-0.05, 0) is 67.4 Å². The minimum Gasteiger partial charge on any atom is -0.440 e. The molecule has 1 N–H and O–H groups in total. The van der Waals surface area contributed by atoms with Gasteiger partial charge in [0.25, 0.3) is 0 Å². The number of nitrogens with zero attached hydrogens (tertiary/aromatic N) is 3. The maximum atomic E-state index is 13.8. The van der Waals surface area contributed by atoms with Crippen molar-refractivity contribution in [3.63, 3.8) is 0 Å². The largest absolute Gasteiger partial charge is 0.586 e. The summed E-state index contributed by atoms with van der Waals surface area (Å²) in [4.78, 5) is 9.41. The molecule has 1 aliphatic heterocycles. The molecule has 0 bridgehead atoms. The summed E-state index contributed by atoms with van der Waals surface area (Å²) in [5.74, 6) is 0.943. The molecule has 5 aromatic rings. The highest BCUT2D eigenvalue weighted by Gasteiger charge is 2.43. The lowest BCUT2D eigenvalue weighted by molar-refractivity contribution is -0.286. The second-order valence-corrected chi connectivity index (χ2v) is 11.9. The van der Waals surface area contributed by atoms with Crippen molar-refractivity contribution in [2.24, 2.45) is 0 Å². The van der Waals surface area contributed by atoms with Gasteiger partial charge in [0.1, 0.15) is 11.5 Å². The highest BCUT2D eigenvalue weighted by atomic mass is 32.2. The fourth-order valence-electron chi connectivity index (χ4n) is 4.92. The zero-order chi connectivity index (χ0) is 29.8. The standard InChI is InChI=1S/C30H25F2N3O6S/c1-17-16-35(18(2)33-17)24-9-7-20(19-5-4-6-22(13-19)42(3,37)38)14-23(24)28-29(39-27(34-28)11-12-36)21-8-10-25-26(15-21)41-30(31,32)40-25/h4-10,13-16,36H,11-12H2,1-3H3. The van der Waals surface area contributed by atoms with Crippen molar-refractivity contribution in [2.75, 3.05) is 12.9 Å². The van der Waals surface area contributed by atoms with Crippen molar-refractivity contribution in [1.82, 2.24) is 14.5 Å². The molecule has 0 fully saturated rings. The van der Waals surface area contributed by atoms with Crippen LogP contribution in [0, 0.1) is 13.8 Å². The van der Waals surface area contributed by atoms with Gasteiger partial charge in [-0.25, -0.2) is 18.4 Å². The fraction of sp³-hybridized carbons (Fsp3) is 0.200. The van der Waals surface area contributed by atoms with E-state index >= 15 is 0 Å². The number of oxazole rings is 1. The third-order valence-corrected chi connectivity index (χ3v) is 7.88. The second-order valence-electron chi connectivity index (χ2n) is 9.92. The van der Waals surface area contributed by atoms with Crippen LogP contribution in [0.15, 0.2) is 76.2 Å². The first-order chi connectivity index (χ1) is 19.9. The number of aryl methyl sites for hydroxylation is 2. The quantitative estimate of drug-likeness (QED) is 0.254. The number of sulfone groups is 1. The molecule has 0 saturated carbocycles. The van der Waals surface area contributed by atoms with Crippen LogP contribution in [-0.2, 0) is 16.3 Å². The van der Waals surface area contributed by atoms with E-state index in [1.807, 2.05) is 42.8 Å². The summed E-state index contributed by atoms with van der Waals surface area (Å²) in [6.45, 7) is 3.51. The first kappa shape index (κ1) is 27.6. The highest BCUT2D eigenvalue weighted by molar-refractivity contribution is 7.90. The average Bonchev–Trinajstić information content (AvgIpc) is 3.60. The maximum Gasteiger partial charge on any atom is 0.586 e. The Hall–Kier alpha value is -4.55. The first-order valence-corrected chi connectivity index (χ1v) is 14.8. The lowest BCUT2D eigenvalue weighted by atomic mass is 9.98. The molecule has 3 heterocycles. The van der Waals surface area contributed by atoms with E-state index in [1.54, 1.807) is 24.3 Å². The van der Waals surface area contributed by atoms with Gasteiger partial charge in [-0.1, -0.05) is 18.2 Å². The van der Waals surface area contributed by atoms with Gasteiger partial charge >= 0.3 is 6.29 Å². The molecule has 1 aliphatic rings. The summed E-state index contributed by atoms with van der Waals surface area (Å²) < 4.78 is 69.2. The minimum absolute atomic E-state index is 0.113. The van der Waals surface area contributed by atoms with Crippen LogP contribution in [0.25, 0.3) is 39.4 Å². The molecule has 9 nitrogen and oxygen atoms in total. The molecule has 0 saturated heterocycles. The van der Waals surface area contributed by atoms with Gasteiger partial charge in [-0.3, -0.25) is 0 Å². The maximum absolute atomic E-state index is 13.8. The molecule has 2 aromatic heterocycles. The molecule has 0 aliphatic carbocycles. The van der Waals surface area contributed by atoms with Gasteiger partial charge in [0.2, 0.25) is 0 Å². The molecule has 42 heavy (non-hydrogen) atoms. The summed E-state index contributed by atoms with van der Waals surface area (Å²) in [6, 6.07) is 16.5. The Kier molecular flexibility index (Phi) is 6.62. The van der Waals surface area contributed by atoms with Crippen molar-refractivity contribution >= 4 is 9.84 Å². The van der Waals surface area contributed by atoms with Crippen molar-refractivity contribution in [2.45, 2.75) is 31.5 Å². The number of aromatic nitrogens is 3. The Morgan fingerprint density at radius 1 is 0.929 bits per heavy atom. The molecule has 0 amide bonds. The summed E-state index contributed by atoms with van der Waals surface area (Å²) in [6.07, 6.45) is -0.651. The Morgan fingerprint density at radius 2 is 1.67 bits per heavy atom. The fourth-order valence-corrected chi connectivity index (χ4v) is 5.59. The van der Waals surface area contributed by atoms with Crippen LogP contribution in [-0.4, -0.2) is 47.2 Å². The van der Waals surface area contributed by atoms with E-state index in [0.29, 0.717) is 39.5 Å². The molecule has 12 heteroatoms. The van der Waals surface area contributed by atoms with E-state index in [9.17, 15) is 22.3 Å². The number of hydrogen-bond donors (Lipinski definition) is 1. The lowest BCUT2D eigenvalue weighted by Gasteiger charge is -2.14. The summed E-state index contributed by atoms with van der Waals surface area (Å²) in [5, 5.41) is 9.62. The number of hydrogen-bond acceptors (Lipinski definition) is 8. The Labute approximate surface area is 239 Å². The third kappa shape index (κ3) is 5.14. The van der Waals surface area contributed by atoms with Gasteiger partial charge in [0, 0.05) is 30.0 Å². The van der Waals surface area contributed by atoms with Crippen LogP contribution in [0.3, 0.4) is 0 Å². The van der Waals surface area contributed by atoms with Crippen molar-refractivity contribution in [3.05, 3.63) is 84.3 Å². The topological polar surface area (TPSA) is 117 Å². The molecule has 0 unspecified atom stereocenters. The van der Waals surface area contributed by atoms with E-state index < -0.39 is 16.1 Å². The van der Waals surface area contributed by atoms with Gasteiger partial charge < -0.3 is 23.6 Å². The van der Waals surface area contributed by atoms with Crippen LogP contribution >= 0.6 is 0 Å². The number of imidazole rings is 1. The van der Waals surface area contributed by atoms with Crippen LogP contribution in [0.5, 0.6) is 11.5 Å².